The molecule has 1 aromatic heterocycles. The van der Waals surface area contributed by atoms with Crippen molar-refractivity contribution in [2.45, 2.75) is 58.4 Å². The normalized spacial score (nSPS) is 14.5. The number of hydrogen-bond acceptors (Lipinski definition) is 3. The highest BCUT2D eigenvalue weighted by atomic mass is 32.2. The molecule has 1 aliphatic rings. The van der Waals surface area contributed by atoms with Gasteiger partial charge in [-0.25, -0.2) is 4.98 Å². The Morgan fingerprint density at radius 1 is 1.36 bits per heavy atom. The number of pyridine rings is 1. The molecule has 0 unspecified atom stereocenters. The lowest BCUT2D eigenvalue weighted by atomic mass is 10.0. The van der Waals surface area contributed by atoms with Crippen LogP contribution in [0, 0.1) is 5.92 Å². The second kappa shape index (κ2) is 13.4. The molecule has 0 radical (unpaired) electrons. The number of aliphatic hydroxyl groups is 1. The molecular weight excluding hydrogens is 290 g/mol. The van der Waals surface area contributed by atoms with Crippen LogP contribution < -0.4 is 0 Å². The van der Waals surface area contributed by atoms with Crippen molar-refractivity contribution >= 4 is 17.3 Å². The highest BCUT2D eigenvalue weighted by Crippen LogP contribution is 2.29. The molecule has 2 nitrogen and oxygen atoms in total. The molecule has 3 heteroatoms. The Kier molecular flexibility index (Phi) is 12.7. The van der Waals surface area contributed by atoms with Crippen LogP contribution in [0.4, 0.5) is 0 Å². The van der Waals surface area contributed by atoms with Crippen molar-refractivity contribution in [3.05, 3.63) is 42.8 Å². The lowest BCUT2D eigenvalue weighted by Crippen LogP contribution is -1.90. The van der Waals surface area contributed by atoms with Gasteiger partial charge in [-0.05, 0) is 48.6 Å². The summed E-state index contributed by atoms with van der Waals surface area (Å²) in [5, 5.41) is 8.46. The molecule has 1 heterocycles. The minimum Gasteiger partial charge on any atom is -0.516 e. The number of aromatic nitrogens is 1. The maximum absolute atomic E-state index is 7.33. The molecular formula is C19H31NOS. The van der Waals surface area contributed by atoms with Gasteiger partial charge in [0.1, 0.15) is 0 Å². The summed E-state index contributed by atoms with van der Waals surface area (Å²) >= 11 is 1.80. The summed E-state index contributed by atoms with van der Waals surface area (Å²) in [6, 6.07) is 4.33. The minimum absolute atomic E-state index is 0.750. The summed E-state index contributed by atoms with van der Waals surface area (Å²) in [5.41, 5.74) is 2.66. The van der Waals surface area contributed by atoms with Gasteiger partial charge in [-0.1, -0.05) is 52.3 Å². The van der Waals surface area contributed by atoms with E-state index in [2.05, 4.69) is 43.6 Å². The molecule has 0 aromatic carbocycles. The van der Waals surface area contributed by atoms with E-state index in [1.54, 1.807) is 11.8 Å². The number of aliphatic hydroxyl groups excluding tert-OH is 1. The van der Waals surface area contributed by atoms with Gasteiger partial charge in [0.15, 0.2) is 0 Å². The standard InChI is InChI=1S/C15H21NS.C2H4O.C2H6/c1-3-17-15-9-8-14(11-16-15)12(2)10-13-6-4-5-7-13;1-2-3;1-2/h8-11,13H,3-7H2,1-2H3;2-3H,1H2;1-2H3/b12-10-;;. The SMILES string of the molecule is C=CO.CC.CCSc1ccc(/C(C)=C\C2CCCC2)cn1. The first-order valence-corrected chi connectivity index (χ1v) is 9.22. The van der Waals surface area contributed by atoms with Crippen LogP contribution in [0.1, 0.15) is 58.9 Å². The van der Waals surface area contributed by atoms with Crippen LogP contribution >= 0.6 is 11.8 Å². The zero-order valence-corrected chi connectivity index (χ0v) is 15.3. The largest absolute Gasteiger partial charge is 0.516 e. The van der Waals surface area contributed by atoms with Gasteiger partial charge in [0.25, 0.3) is 0 Å². The Morgan fingerprint density at radius 3 is 2.41 bits per heavy atom. The van der Waals surface area contributed by atoms with Gasteiger partial charge in [-0.2, -0.15) is 0 Å². The Hall–Kier alpha value is -1.22. The Morgan fingerprint density at radius 2 is 1.95 bits per heavy atom. The van der Waals surface area contributed by atoms with E-state index in [-0.39, 0.29) is 0 Å². The van der Waals surface area contributed by atoms with E-state index in [1.807, 2.05) is 20.0 Å². The van der Waals surface area contributed by atoms with Gasteiger partial charge in [0, 0.05) is 6.20 Å². The molecule has 2 rings (SSSR count). The van der Waals surface area contributed by atoms with E-state index in [0.29, 0.717) is 0 Å². The molecule has 124 valence electrons. The van der Waals surface area contributed by atoms with Crippen molar-refractivity contribution in [2.24, 2.45) is 5.92 Å². The predicted molar refractivity (Wildman–Crippen MR) is 100 cm³/mol. The summed E-state index contributed by atoms with van der Waals surface area (Å²) in [6.45, 7) is 11.3. The van der Waals surface area contributed by atoms with Crippen LogP contribution in [0.15, 0.2) is 42.3 Å². The van der Waals surface area contributed by atoms with Gasteiger partial charge in [-0.15, -0.1) is 11.8 Å². The smallest absolute Gasteiger partial charge is 0.0960 e. The molecule has 0 saturated heterocycles. The Bertz CT molecular complexity index is 420. The van der Waals surface area contributed by atoms with E-state index >= 15 is 0 Å². The molecule has 1 aromatic rings. The topological polar surface area (TPSA) is 33.1 Å². The van der Waals surface area contributed by atoms with Crippen LogP contribution in [0.5, 0.6) is 0 Å². The summed E-state index contributed by atoms with van der Waals surface area (Å²) in [7, 11) is 0. The van der Waals surface area contributed by atoms with E-state index in [0.717, 1.165) is 23.0 Å². The molecule has 1 fully saturated rings. The van der Waals surface area contributed by atoms with E-state index in [1.165, 1.54) is 36.8 Å². The van der Waals surface area contributed by atoms with E-state index in [9.17, 15) is 0 Å². The zero-order chi connectivity index (χ0) is 16.8. The number of nitrogens with zero attached hydrogens (tertiary/aromatic N) is 1. The van der Waals surface area contributed by atoms with Crippen molar-refractivity contribution in [1.29, 1.82) is 0 Å². The first-order chi connectivity index (χ1) is 10.7. The maximum atomic E-state index is 7.33. The van der Waals surface area contributed by atoms with Crippen LogP contribution in [-0.4, -0.2) is 15.8 Å². The predicted octanol–water partition coefficient (Wildman–Crippen LogP) is 6.50. The number of allylic oxidation sites excluding steroid dienone is 2. The van der Waals surface area contributed by atoms with Gasteiger partial charge in [0.05, 0.1) is 11.3 Å². The molecule has 0 atom stereocenters. The summed E-state index contributed by atoms with van der Waals surface area (Å²) in [4.78, 5) is 4.49. The van der Waals surface area contributed by atoms with Crippen molar-refractivity contribution < 1.29 is 5.11 Å². The second-order valence-corrected chi connectivity index (χ2v) is 6.18. The van der Waals surface area contributed by atoms with Crippen LogP contribution in [0.3, 0.4) is 0 Å². The quantitative estimate of drug-likeness (QED) is 0.507. The zero-order valence-electron chi connectivity index (χ0n) is 14.5. The molecule has 0 spiro atoms. The van der Waals surface area contributed by atoms with Crippen molar-refractivity contribution in [1.82, 2.24) is 4.98 Å². The molecule has 1 aliphatic carbocycles. The Balaban J connectivity index is 0.000000789. The minimum atomic E-state index is 0.750. The fraction of sp³-hybridized carbons (Fsp3) is 0.526. The molecule has 0 aliphatic heterocycles. The second-order valence-electron chi connectivity index (χ2n) is 4.89. The molecule has 1 N–H and O–H groups in total. The summed E-state index contributed by atoms with van der Waals surface area (Å²) in [5.74, 6) is 1.89. The fourth-order valence-electron chi connectivity index (χ4n) is 2.42. The highest BCUT2D eigenvalue weighted by molar-refractivity contribution is 7.99. The average molecular weight is 322 g/mol. The number of rotatable bonds is 4. The van der Waals surface area contributed by atoms with Crippen LogP contribution in [0.25, 0.3) is 5.57 Å². The lowest BCUT2D eigenvalue weighted by Gasteiger charge is -2.06. The van der Waals surface area contributed by atoms with Crippen molar-refractivity contribution in [3.63, 3.8) is 0 Å². The third-order valence-corrected chi connectivity index (χ3v) is 4.20. The first-order valence-electron chi connectivity index (χ1n) is 8.24. The van der Waals surface area contributed by atoms with Crippen molar-refractivity contribution in [2.75, 3.05) is 5.75 Å². The highest BCUT2D eigenvalue weighted by Gasteiger charge is 2.12. The first kappa shape index (κ1) is 20.8. The van der Waals surface area contributed by atoms with Crippen LogP contribution in [0.2, 0.25) is 0 Å². The molecule has 0 amide bonds. The third kappa shape index (κ3) is 8.28. The molecule has 22 heavy (non-hydrogen) atoms. The average Bonchev–Trinajstić information content (AvgIpc) is 3.04. The molecule has 0 bridgehead atoms. The summed E-state index contributed by atoms with van der Waals surface area (Å²) < 4.78 is 0. The van der Waals surface area contributed by atoms with Crippen molar-refractivity contribution in [3.8, 4) is 0 Å². The lowest BCUT2D eigenvalue weighted by molar-refractivity contribution is 0.476. The van der Waals surface area contributed by atoms with E-state index in [4.69, 9.17) is 5.11 Å². The van der Waals surface area contributed by atoms with Gasteiger partial charge in [-0.3, -0.25) is 0 Å². The molecule has 1 saturated carbocycles. The van der Waals surface area contributed by atoms with E-state index < -0.39 is 0 Å². The van der Waals surface area contributed by atoms with Crippen LogP contribution in [-0.2, 0) is 0 Å². The number of hydrogen-bond donors (Lipinski definition) is 1. The van der Waals surface area contributed by atoms with Gasteiger partial charge >= 0.3 is 0 Å². The summed E-state index contributed by atoms with van der Waals surface area (Å²) in [6.07, 6.45) is 10.7. The van der Waals surface area contributed by atoms with Gasteiger partial charge < -0.3 is 5.11 Å². The number of thioether (sulfide) groups is 1. The monoisotopic (exact) mass is 321 g/mol. The Labute approximate surface area is 140 Å². The van der Waals surface area contributed by atoms with Gasteiger partial charge in [0.2, 0.25) is 0 Å². The fourth-order valence-corrected chi connectivity index (χ4v) is 3.01. The maximum Gasteiger partial charge on any atom is 0.0960 e. The third-order valence-electron chi connectivity index (χ3n) is 3.37.